The lowest BCUT2D eigenvalue weighted by atomic mass is 9.66. The Morgan fingerprint density at radius 3 is 1.90 bits per heavy atom. The zero-order chi connectivity index (χ0) is 21.5. The molecule has 0 bridgehead atoms. The second-order valence-corrected chi connectivity index (χ2v) is 7.74. The highest BCUT2D eigenvalue weighted by Crippen LogP contribution is 2.61. The van der Waals surface area contributed by atoms with Gasteiger partial charge >= 0.3 is 7.12 Å². The molecule has 0 radical (unpaired) electrons. The summed E-state index contributed by atoms with van der Waals surface area (Å²) in [4.78, 5) is 0. The molecule has 2 aliphatic rings. The average Bonchev–Trinajstić information content (AvgIpc) is 3.16. The van der Waals surface area contributed by atoms with Crippen LogP contribution in [-0.2, 0) is 5.41 Å². The Labute approximate surface area is 178 Å². The van der Waals surface area contributed by atoms with Crippen LogP contribution < -0.4 is 0 Å². The molecule has 0 atom stereocenters. The van der Waals surface area contributed by atoms with Crippen LogP contribution in [0.4, 0.5) is 0 Å². The van der Waals surface area contributed by atoms with E-state index in [1.165, 1.54) is 39.5 Å². The zero-order valence-corrected chi connectivity index (χ0v) is 17.4. The third-order valence-corrected chi connectivity index (χ3v) is 6.37. The summed E-state index contributed by atoms with van der Waals surface area (Å²) in [6.45, 7) is 11.9. The number of rotatable bonds is 5. The topological polar surface area (TPSA) is 40.5 Å². The van der Waals surface area contributed by atoms with E-state index in [0.29, 0.717) is 5.47 Å². The van der Waals surface area contributed by atoms with Crippen LogP contribution in [0.1, 0.15) is 25.0 Å². The van der Waals surface area contributed by atoms with E-state index in [4.69, 9.17) is 0 Å². The first-order valence-corrected chi connectivity index (χ1v) is 10.1. The van der Waals surface area contributed by atoms with Gasteiger partial charge in [0.2, 0.25) is 0 Å². The van der Waals surface area contributed by atoms with Gasteiger partial charge in [-0.2, -0.15) is 0 Å². The van der Waals surface area contributed by atoms with Crippen molar-refractivity contribution in [2.45, 2.75) is 19.3 Å². The van der Waals surface area contributed by atoms with Gasteiger partial charge in [0.1, 0.15) is 0 Å². The van der Waals surface area contributed by atoms with Crippen molar-refractivity contribution >= 4 is 7.12 Å². The highest BCUT2D eigenvalue weighted by Gasteiger charge is 2.51. The van der Waals surface area contributed by atoms with Crippen LogP contribution in [0, 0.1) is 0 Å². The van der Waals surface area contributed by atoms with Crippen molar-refractivity contribution in [3.63, 3.8) is 0 Å². The number of allylic oxidation sites excluding steroid dienone is 10. The molecule has 2 nitrogen and oxygen atoms in total. The third-order valence-electron chi connectivity index (χ3n) is 6.37. The minimum absolute atomic E-state index is 0.382. The minimum atomic E-state index is -1.58. The van der Waals surface area contributed by atoms with Crippen molar-refractivity contribution in [2.75, 3.05) is 0 Å². The van der Waals surface area contributed by atoms with Crippen molar-refractivity contribution < 1.29 is 10.0 Å². The molecular formula is C27H25BO2. The molecule has 2 aromatic carbocycles. The molecule has 4 rings (SSSR count). The highest BCUT2D eigenvalue weighted by atomic mass is 16.4. The molecule has 2 N–H and O–H groups in total. The largest absolute Gasteiger partial charge is 0.488 e. The lowest BCUT2D eigenvalue weighted by molar-refractivity contribution is 0.420. The molecular weight excluding hydrogens is 367 g/mol. The van der Waals surface area contributed by atoms with Crippen LogP contribution in [0.15, 0.2) is 120 Å². The van der Waals surface area contributed by atoms with Crippen molar-refractivity contribution in [1.29, 1.82) is 0 Å². The molecule has 0 aromatic heterocycles. The van der Waals surface area contributed by atoms with Crippen LogP contribution >= 0.6 is 0 Å². The van der Waals surface area contributed by atoms with Gasteiger partial charge in [-0.05, 0) is 63.9 Å². The standard InChI is InChI=1S/C27H25BO2/c1-5-7-14-23-18(3)19(4)26(17-20(6-2)28(29)30)27(23)24-15-10-8-12-21(24)22-13-9-11-16-25(22)27/h5-17,29-30H,1-2H2,3-4H3/b14-7-,20-17+. The third kappa shape index (κ3) is 2.67. The van der Waals surface area contributed by atoms with Gasteiger partial charge in [0, 0.05) is 0 Å². The summed E-state index contributed by atoms with van der Waals surface area (Å²) in [5.74, 6) is 0. The normalized spacial score (nSPS) is 17.0. The number of hydrogen-bond acceptors (Lipinski definition) is 2. The number of hydrogen-bond donors (Lipinski definition) is 2. The maximum Gasteiger partial charge on any atom is 0.488 e. The van der Waals surface area contributed by atoms with Crippen LogP contribution in [0.5, 0.6) is 0 Å². The molecule has 3 heteroatoms. The highest BCUT2D eigenvalue weighted by molar-refractivity contribution is 6.51. The summed E-state index contributed by atoms with van der Waals surface area (Å²) in [7, 11) is -1.58. The molecule has 0 saturated heterocycles. The van der Waals surface area contributed by atoms with E-state index in [2.05, 4.69) is 81.6 Å². The monoisotopic (exact) mass is 392 g/mol. The summed E-state index contributed by atoms with van der Waals surface area (Å²) < 4.78 is 0. The molecule has 0 saturated carbocycles. The van der Waals surface area contributed by atoms with Crippen LogP contribution in [0.3, 0.4) is 0 Å². The van der Waals surface area contributed by atoms with Crippen molar-refractivity contribution in [3.8, 4) is 11.1 Å². The SMILES string of the molecule is C=C/C=C\C1=C(C)C(C)=C(/C=C(\C=C)B(O)O)C12c1ccccc1-c1ccccc12. The summed E-state index contributed by atoms with van der Waals surface area (Å²) in [6, 6.07) is 17.0. The van der Waals surface area contributed by atoms with E-state index < -0.39 is 12.5 Å². The fourth-order valence-electron chi connectivity index (χ4n) is 4.96. The Balaban J connectivity index is 2.16. The first-order chi connectivity index (χ1) is 14.5. The Kier molecular flexibility index (Phi) is 5.11. The van der Waals surface area contributed by atoms with Gasteiger partial charge in [-0.25, -0.2) is 0 Å². The molecule has 0 amide bonds. The van der Waals surface area contributed by atoms with E-state index in [-0.39, 0.29) is 0 Å². The Morgan fingerprint density at radius 2 is 1.40 bits per heavy atom. The smallest absolute Gasteiger partial charge is 0.423 e. The maximum absolute atomic E-state index is 9.91. The summed E-state index contributed by atoms with van der Waals surface area (Å²) >= 11 is 0. The van der Waals surface area contributed by atoms with Gasteiger partial charge in [-0.3, -0.25) is 0 Å². The zero-order valence-electron chi connectivity index (χ0n) is 17.4. The first kappa shape index (κ1) is 20.2. The predicted molar refractivity (Wildman–Crippen MR) is 126 cm³/mol. The molecule has 0 unspecified atom stereocenters. The minimum Gasteiger partial charge on any atom is -0.423 e. The second kappa shape index (κ2) is 7.60. The fraction of sp³-hybridized carbons (Fsp3) is 0.111. The summed E-state index contributed by atoms with van der Waals surface area (Å²) in [5.41, 5.74) is 9.21. The molecule has 30 heavy (non-hydrogen) atoms. The van der Waals surface area contributed by atoms with E-state index in [1.54, 1.807) is 6.08 Å². The van der Waals surface area contributed by atoms with Gasteiger partial charge in [-0.15, -0.1) is 0 Å². The molecule has 0 fully saturated rings. The molecule has 2 aromatic rings. The molecule has 148 valence electrons. The summed E-state index contributed by atoms with van der Waals surface area (Å²) in [6.07, 6.45) is 9.30. The first-order valence-electron chi connectivity index (χ1n) is 10.1. The second-order valence-electron chi connectivity index (χ2n) is 7.74. The lowest BCUT2D eigenvalue weighted by Crippen LogP contribution is -2.28. The van der Waals surface area contributed by atoms with Gasteiger partial charge in [0.05, 0.1) is 5.41 Å². The lowest BCUT2D eigenvalue weighted by Gasteiger charge is -2.33. The van der Waals surface area contributed by atoms with Crippen LogP contribution in [0.25, 0.3) is 11.1 Å². The van der Waals surface area contributed by atoms with E-state index >= 15 is 0 Å². The van der Waals surface area contributed by atoms with Gasteiger partial charge in [-0.1, -0.05) is 92.1 Å². The number of fused-ring (bicyclic) bond motifs is 5. The summed E-state index contributed by atoms with van der Waals surface area (Å²) in [5, 5.41) is 19.8. The molecule has 1 spiro atoms. The number of benzene rings is 2. The maximum atomic E-state index is 9.91. The van der Waals surface area contributed by atoms with Crippen molar-refractivity contribution in [3.05, 3.63) is 131 Å². The average molecular weight is 392 g/mol. The van der Waals surface area contributed by atoms with E-state index in [1.807, 2.05) is 12.2 Å². The van der Waals surface area contributed by atoms with E-state index in [9.17, 15) is 10.0 Å². The predicted octanol–water partition coefficient (Wildman–Crippen LogP) is 5.47. The van der Waals surface area contributed by atoms with Crippen LogP contribution in [0.2, 0.25) is 0 Å². The van der Waals surface area contributed by atoms with Crippen molar-refractivity contribution in [2.24, 2.45) is 0 Å². The van der Waals surface area contributed by atoms with Crippen molar-refractivity contribution in [1.82, 2.24) is 0 Å². The van der Waals surface area contributed by atoms with Gasteiger partial charge in [0.15, 0.2) is 0 Å². The fourth-order valence-corrected chi connectivity index (χ4v) is 4.96. The molecule has 0 heterocycles. The van der Waals surface area contributed by atoms with Gasteiger partial charge < -0.3 is 10.0 Å². The Morgan fingerprint density at radius 1 is 0.867 bits per heavy atom. The van der Waals surface area contributed by atoms with Crippen LogP contribution in [-0.4, -0.2) is 17.2 Å². The van der Waals surface area contributed by atoms with Gasteiger partial charge in [0.25, 0.3) is 0 Å². The molecule has 0 aliphatic heterocycles. The van der Waals surface area contributed by atoms with E-state index in [0.717, 1.165) is 11.1 Å². The Hall–Kier alpha value is -3.14. The quantitative estimate of drug-likeness (QED) is 0.524. The molecule has 2 aliphatic carbocycles. The Bertz CT molecular complexity index is 1130.